The van der Waals surface area contributed by atoms with Crippen LogP contribution in [-0.4, -0.2) is 17.7 Å². The summed E-state index contributed by atoms with van der Waals surface area (Å²) in [6.07, 6.45) is 4.93. The van der Waals surface area contributed by atoms with Crippen molar-refractivity contribution in [2.24, 2.45) is 0 Å². The lowest BCUT2D eigenvalue weighted by Crippen LogP contribution is -2.41. The van der Waals surface area contributed by atoms with Crippen LogP contribution in [0.1, 0.15) is 37.3 Å². The average molecular weight is 343 g/mol. The van der Waals surface area contributed by atoms with Crippen molar-refractivity contribution < 1.29 is 13.9 Å². The van der Waals surface area contributed by atoms with Gasteiger partial charge in [-0.1, -0.05) is 30.3 Å². The Kier molecular flexibility index (Phi) is 5.30. The summed E-state index contributed by atoms with van der Waals surface area (Å²) in [7, 11) is 0. The minimum Gasteiger partial charge on any atom is -0.384 e. The molecule has 2 atom stereocenters. The summed E-state index contributed by atoms with van der Waals surface area (Å²) in [6.45, 7) is 2.14. The lowest BCUT2D eigenvalue weighted by Gasteiger charge is -2.29. The predicted octanol–water partition coefficient (Wildman–Crippen LogP) is 4.40. The SMILES string of the molecule is CC(O)(CNC1CC=C(c2ccc(F)cc2)CC1)c1ccc(F)cc1. The van der Waals surface area contributed by atoms with Crippen molar-refractivity contribution in [1.29, 1.82) is 0 Å². The minimum absolute atomic E-state index is 0.220. The van der Waals surface area contributed by atoms with Crippen LogP contribution in [0.25, 0.3) is 5.57 Å². The van der Waals surface area contributed by atoms with Gasteiger partial charge < -0.3 is 10.4 Å². The largest absolute Gasteiger partial charge is 0.384 e. The summed E-state index contributed by atoms with van der Waals surface area (Å²) in [5.74, 6) is -0.527. The normalized spacial score (nSPS) is 20.0. The molecule has 25 heavy (non-hydrogen) atoms. The van der Waals surface area contributed by atoms with E-state index in [0.717, 1.165) is 24.8 Å². The predicted molar refractivity (Wildman–Crippen MR) is 96.0 cm³/mol. The third-order valence-corrected chi connectivity index (χ3v) is 4.83. The molecule has 0 aromatic heterocycles. The lowest BCUT2D eigenvalue weighted by molar-refractivity contribution is 0.0534. The van der Waals surface area contributed by atoms with Crippen LogP contribution in [0.4, 0.5) is 8.78 Å². The van der Waals surface area contributed by atoms with Gasteiger partial charge in [-0.2, -0.15) is 0 Å². The van der Waals surface area contributed by atoms with Crippen LogP contribution in [0.15, 0.2) is 54.6 Å². The zero-order valence-electron chi connectivity index (χ0n) is 14.3. The zero-order chi connectivity index (χ0) is 17.9. The zero-order valence-corrected chi connectivity index (χ0v) is 14.3. The monoisotopic (exact) mass is 343 g/mol. The van der Waals surface area contributed by atoms with E-state index in [2.05, 4.69) is 11.4 Å². The highest BCUT2D eigenvalue weighted by Gasteiger charge is 2.25. The summed E-state index contributed by atoms with van der Waals surface area (Å²) in [5.41, 5.74) is 1.95. The number of aliphatic hydroxyl groups is 1. The molecule has 1 aliphatic rings. The van der Waals surface area contributed by atoms with E-state index in [1.165, 1.54) is 29.8 Å². The molecule has 2 nitrogen and oxygen atoms in total. The first-order valence-electron chi connectivity index (χ1n) is 8.61. The molecule has 3 rings (SSSR count). The number of rotatable bonds is 5. The molecule has 4 heteroatoms. The van der Waals surface area contributed by atoms with Gasteiger partial charge in [0.1, 0.15) is 11.6 Å². The molecule has 0 amide bonds. The van der Waals surface area contributed by atoms with Crippen molar-refractivity contribution in [2.75, 3.05) is 6.54 Å². The van der Waals surface area contributed by atoms with Crippen LogP contribution in [-0.2, 0) is 5.60 Å². The van der Waals surface area contributed by atoms with Crippen LogP contribution in [0, 0.1) is 11.6 Å². The average Bonchev–Trinajstić information content (AvgIpc) is 2.62. The quantitative estimate of drug-likeness (QED) is 0.843. The van der Waals surface area contributed by atoms with Crippen molar-refractivity contribution in [3.05, 3.63) is 77.4 Å². The summed E-state index contributed by atoms with van der Waals surface area (Å²) in [6, 6.07) is 12.8. The maximum Gasteiger partial charge on any atom is 0.123 e. The third kappa shape index (κ3) is 4.53. The van der Waals surface area contributed by atoms with Crippen molar-refractivity contribution in [3.8, 4) is 0 Å². The Morgan fingerprint density at radius 2 is 1.64 bits per heavy atom. The van der Waals surface area contributed by atoms with Crippen LogP contribution >= 0.6 is 0 Å². The van der Waals surface area contributed by atoms with Gasteiger partial charge in [0.2, 0.25) is 0 Å². The number of nitrogens with one attached hydrogen (secondary N) is 1. The second kappa shape index (κ2) is 7.46. The molecule has 132 valence electrons. The molecule has 2 unspecified atom stereocenters. The van der Waals surface area contributed by atoms with Gasteiger partial charge in [-0.3, -0.25) is 0 Å². The Labute approximate surface area is 147 Å². The van der Waals surface area contributed by atoms with Gasteiger partial charge in [-0.15, -0.1) is 0 Å². The van der Waals surface area contributed by atoms with E-state index in [1.807, 2.05) is 12.1 Å². The highest BCUT2D eigenvalue weighted by atomic mass is 19.1. The first kappa shape index (κ1) is 17.8. The molecule has 0 saturated heterocycles. The molecule has 2 N–H and O–H groups in total. The van der Waals surface area contributed by atoms with E-state index in [0.29, 0.717) is 12.1 Å². The van der Waals surface area contributed by atoms with Gasteiger partial charge in [0.05, 0.1) is 5.60 Å². The minimum atomic E-state index is -1.05. The highest BCUT2D eigenvalue weighted by Crippen LogP contribution is 2.28. The summed E-state index contributed by atoms with van der Waals surface area (Å²) in [5, 5.41) is 14.0. The first-order chi connectivity index (χ1) is 11.9. The molecule has 0 fully saturated rings. The van der Waals surface area contributed by atoms with E-state index in [9.17, 15) is 13.9 Å². The third-order valence-electron chi connectivity index (χ3n) is 4.83. The fourth-order valence-electron chi connectivity index (χ4n) is 3.20. The lowest BCUT2D eigenvalue weighted by atomic mass is 9.89. The van der Waals surface area contributed by atoms with Crippen molar-refractivity contribution >= 4 is 5.57 Å². The van der Waals surface area contributed by atoms with Gasteiger partial charge >= 0.3 is 0 Å². The maximum absolute atomic E-state index is 13.0. The number of allylic oxidation sites excluding steroid dienone is 1. The van der Waals surface area contributed by atoms with Crippen LogP contribution in [0.2, 0.25) is 0 Å². The van der Waals surface area contributed by atoms with Gasteiger partial charge in [0.25, 0.3) is 0 Å². The van der Waals surface area contributed by atoms with E-state index < -0.39 is 5.60 Å². The molecule has 0 spiro atoms. The molecular weight excluding hydrogens is 320 g/mol. The van der Waals surface area contributed by atoms with Gasteiger partial charge in [0, 0.05) is 12.6 Å². The molecule has 2 aromatic carbocycles. The summed E-state index contributed by atoms with van der Waals surface area (Å²) < 4.78 is 26.0. The summed E-state index contributed by atoms with van der Waals surface area (Å²) >= 11 is 0. The number of hydrogen-bond donors (Lipinski definition) is 2. The fraction of sp³-hybridized carbons (Fsp3) is 0.333. The molecule has 0 saturated carbocycles. The molecule has 0 bridgehead atoms. The second-order valence-corrected chi connectivity index (χ2v) is 6.87. The second-order valence-electron chi connectivity index (χ2n) is 6.87. The van der Waals surface area contributed by atoms with Crippen molar-refractivity contribution in [2.45, 2.75) is 37.8 Å². The standard InChI is InChI=1S/C21H23F2NO/c1-21(25,17-6-10-19(23)11-7-17)14-24-20-12-4-16(5-13-20)15-2-8-18(22)9-3-15/h2-4,6-11,20,24-25H,5,12-14H2,1H3. The Morgan fingerprint density at radius 3 is 2.20 bits per heavy atom. The maximum atomic E-state index is 13.0. The number of hydrogen-bond acceptors (Lipinski definition) is 2. The number of halogens is 2. The molecule has 0 radical (unpaired) electrons. The van der Waals surface area contributed by atoms with Crippen LogP contribution in [0.5, 0.6) is 0 Å². The van der Waals surface area contributed by atoms with E-state index >= 15 is 0 Å². The fourth-order valence-corrected chi connectivity index (χ4v) is 3.20. The van der Waals surface area contributed by atoms with Crippen molar-refractivity contribution in [1.82, 2.24) is 5.32 Å². The van der Waals surface area contributed by atoms with Crippen molar-refractivity contribution in [3.63, 3.8) is 0 Å². The highest BCUT2D eigenvalue weighted by molar-refractivity contribution is 5.66. The number of benzene rings is 2. The van der Waals surface area contributed by atoms with Crippen LogP contribution < -0.4 is 5.32 Å². The Bertz CT molecular complexity index is 735. The van der Waals surface area contributed by atoms with E-state index in [-0.39, 0.29) is 17.7 Å². The first-order valence-corrected chi connectivity index (χ1v) is 8.61. The Balaban J connectivity index is 1.56. The summed E-state index contributed by atoms with van der Waals surface area (Å²) in [4.78, 5) is 0. The molecular formula is C21H23F2NO. The molecule has 2 aromatic rings. The molecule has 0 aliphatic heterocycles. The topological polar surface area (TPSA) is 32.3 Å². The Hall–Kier alpha value is -2.04. The van der Waals surface area contributed by atoms with E-state index in [1.54, 1.807) is 19.1 Å². The molecule has 1 aliphatic carbocycles. The smallest absolute Gasteiger partial charge is 0.123 e. The van der Waals surface area contributed by atoms with Gasteiger partial charge in [-0.25, -0.2) is 8.78 Å². The van der Waals surface area contributed by atoms with Gasteiger partial charge in [0.15, 0.2) is 0 Å². The van der Waals surface area contributed by atoms with Crippen LogP contribution in [0.3, 0.4) is 0 Å². The molecule has 0 heterocycles. The Morgan fingerprint density at radius 1 is 1.04 bits per heavy atom. The van der Waals surface area contributed by atoms with E-state index in [4.69, 9.17) is 0 Å². The van der Waals surface area contributed by atoms with Gasteiger partial charge in [-0.05, 0) is 67.2 Å².